The largest absolute Gasteiger partial charge is 0.493 e. The number of aryl methyl sites for hydroxylation is 1. The number of thioether (sulfide) groups is 1. The first-order chi connectivity index (χ1) is 11.1. The molecule has 0 radical (unpaired) electrons. The van der Waals surface area contributed by atoms with E-state index in [2.05, 4.69) is 28.4 Å². The van der Waals surface area contributed by atoms with Crippen LogP contribution in [-0.2, 0) is 6.54 Å². The van der Waals surface area contributed by atoms with Crippen LogP contribution in [0, 0.1) is 6.92 Å². The molecule has 1 aromatic carbocycles. The molecule has 0 saturated carbocycles. The fraction of sp³-hybridized carbons (Fsp3) is 0.588. The molecule has 0 bridgehead atoms. The smallest absolute Gasteiger partial charge is 0.193 e. The van der Waals surface area contributed by atoms with Crippen molar-refractivity contribution in [2.24, 2.45) is 4.99 Å². The van der Waals surface area contributed by atoms with Crippen molar-refractivity contribution in [3.63, 3.8) is 0 Å². The number of halogens is 1. The van der Waals surface area contributed by atoms with E-state index in [9.17, 15) is 0 Å². The molecule has 0 unspecified atom stereocenters. The molecule has 0 spiro atoms. The molecule has 0 aromatic heterocycles. The number of ether oxygens (including phenoxy) is 2. The third-order valence-corrected chi connectivity index (χ3v) is 4.33. The number of benzene rings is 1. The summed E-state index contributed by atoms with van der Waals surface area (Å²) in [6.07, 6.45) is 3.25. The number of rotatable bonds is 8. The Hall–Kier alpha value is -0.830. The van der Waals surface area contributed by atoms with Crippen LogP contribution in [0.3, 0.4) is 0 Å². The predicted octanol–water partition coefficient (Wildman–Crippen LogP) is 3.39. The summed E-state index contributed by atoms with van der Waals surface area (Å²) in [5, 5.41) is 3.40. The van der Waals surface area contributed by atoms with Crippen LogP contribution in [0.1, 0.15) is 17.5 Å². The monoisotopic (exact) mass is 467 g/mol. The molecule has 0 amide bonds. The summed E-state index contributed by atoms with van der Waals surface area (Å²) in [5.41, 5.74) is 2.37. The van der Waals surface area contributed by atoms with Crippen molar-refractivity contribution < 1.29 is 9.47 Å². The lowest BCUT2D eigenvalue weighted by Crippen LogP contribution is -2.39. The molecular formula is C17H30IN3O2S. The van der Waals surface area contributed by atoms with Gasteiger partial charge >= 0.3 is 0 Å². The summed E-state index contributed by atoms with van der Waals surface area (Å²) in [6, 6.07) is 4.04. The van der Waals surface area contributed by atoms with Crippen molar-refractivity contribution in [1.82, 2.24) is 10.2 Å². The van der Waals surface area contributed by atoms with Gasteiger partial charge in [-0.25, -0.2) is 0 Å². The highest BCUT2D eigenvalue weighted by Crippen LogP contribution is 2.30. The summed E-state index contributed by atoms with van der Waals surface area (Å²) >= 11 is 1.86. The predicted molar refractivity (Wildman–Crippen MR) is 116 cm³/mol. The lowest BCUT2D eigenvalue weighted by molar-refractivity contribution is 0.353. The van der Waals surface area contributed by atoms with Crippen LogP contribution in [0.4, 0.5) is 0 Å². The minimum absolute atomic E-state index is 0. The molecule has 1 N–H and O–H groups in total. The average molecular weight is 467 g/mol. The second-order valence-corrected chi connectivity index (χ2v) is 6.30. The topological polar surface area (TPSA) is 46.1 Å². The third kappa shape index (κ3) is 6.96. The van der Waals surface area contributed by atoms with Gasteiger partial charge in [0.15, 0.2) is 17.5 Å². The van der Waals surface area contributed by atoms with Crippen molar-refractivity contribution >= 4 is 41.7 Å². The van der Waals surface area contributed by atoms with Gasteiger partial charge in [0.2, 0.25) is 0 Å². The number of methoxy groups -OCH3 is 2. The van der Waals surface area contributed by atoms with Gasteiger partial charge in [-0.2, -0.15) is 11.8 Å². The summed E-state index contributed by atoms with van der Waals surface area (Å²) in [5.74, 6) is 3.57. The lowest BCUT2D eigenvalue weighted by atomic mass is 10.1. The SMILES string of the molecule is CN=C(NCCCSC)N(C)Cc1cc(OC)c(OC)cc1C.I. The van der Waals surface area contributed by atoms with Crippen molar-refractivity contribution in [3.8, 4) is 11.5 Å². The van der Waals surface area contributed by atoms with Crippen LogP contribution in [0.2, 0.25) is 0 Å². The maximum absolute atomic E-state index is 5.40. The van der Waals surface area contributed by atoms with Crippen LogP contribution in [0.5, 0.6) is 11.5 Å². The zero-order chi connectivity index (χ0) is 17.2. The van der Waals surface area contributed by atoms with Gasteiger partial charge in [-0.1, -0.05) is 0 Å². The molecule has 0 saturated heterocycles. The van der Waals surface area contributed by atoms with Gasteiger partial charge < -0.3 is 19.7 Å². The third-order valence-electron chi connectivity index (χ3n) is 3.63. The highest BCUT2D eigenvalue weighted by molar-refractivity contribution is 14.0. The van der Waals surface area contributed by atoms with Gasteiger partial charge in [0.05, 0.1) is 14.2 Å². The van der Waals surface area contributed by atoms with Gasteiger partial charge in [0, 0.05) is 27.2 Å². The fourth-order valence-corrected chi connectivity index (χ4v) is 2.76. The highest BCUT2D eigenvalue weighted by atomic mass is 127. The van der Waals surface area contributed by atoms with E-state index in [1.165, 1.54) is 11.1 Å². The van der Waals surface area contributed by atoms with Crippen LogP contribution in [0.15, 0.2) is 17.1 Å². The summed E-state index contributed by atoms with van der Waals surface area (Å²) in [6.45, 7) is 3.77. The molecule has 0 heterocycles. The average Bonchev–Trinajstić information content (AvgIpc) is 2.56. The Balaban J connectivity index is 0.00000529. The second kappa shape index (κ2) is 12.5. The van der Waals surface area contributed by atoms with E-state index in [1.807, 2.05) is 38.0 Å². The van der Waals surface area contributed by atoms with Crippen molar-refractivity contribution in [2.45, 2.75) is 19.9 Å². The minimum atomic E-state index is 0. The Morgan fingerprint density at radius 1 is 1.25 bits per heavy atom. The summed E-state index contributed by atoms with van der Waals surface area (Å²) in [4.78, 5) is 6.47. The Morgan fingerprint density at radius 3 is 2.42 bits per heavy atom. The van der Waals surface area contributed by atoms with Crippen molar-refractivity contribution in [2.75, 3.05) is 46.9 Å². The fourth-order valence-electron chi connectivity index (χ4n) is 2.32. The molecule has 0 aliphatic heterocycles. The maximum Gasteiger partial charge on any atom is 0.193 e. The Kier molecular flexibility index (Phi) is 12.1. The maximum atomic E-state index is 5.40. The zero-order valence-corrected chi connectivity index (χ0v) is 18.7. The molecule has 0 aliphatic carbocycles. The number of aliphatic imine (C=N–C) groups is 1. The van der Waals surface area contributed by atoms with E-state index in [4.69, 9.17) is 9.47 Å². The molecule has 0 atom stereocenters. The van der Waals surface area contributed by atoms with Crippen molar-refractivity contribution in [1.29, 1.82) is 0 Å². The van der Waals surface area contributed by atoms with Crippen LogP contribution < -0.4 is 14.8 Å². The molecule has 7 heteroatoms. The molecule has 1 aromatic rings. The Labute approximate surface area is 167 Å². The van der Waals surface area contributed by atoms with Gasteiger partial charge in [-0.05, 0) is 48.6 Å². The van der Waals surface area contributed by atoms with E-state index in [1.54, 1.807) is 14.2 Å². The van der Waals surface area contributed by atoms with Crippen LogP contribution >= 0.6 is 35.7 Å². The van der Waals surface area contributed by atoms with Gasteiger partial charge in [-0.3, -0.25) is 4.99 Å². The standard InChI is InChI=1S/C17H29N3O2S.HI/c1-13-10-15(21-4)16(22-5)11-14(13)12-20(3)17(18-2)19-8-7-9-23-6;/h10-11H,7-9,12H2,1-6H3,(H,18,19);1H. The Bertz CT molecular complexity index is 527. The van der Waals surface area contributed by atoms with E-state index < -0.39 is 0 Å². The first kappa shape index (κ1) is 23.2. The molecule has 0 aliphatic rings. The number of hydrogen-bond donors (Lipinski definition) is 1. The first-order valence-electron chi connectivity index (χ1n) is 7.69. The van der Waals surface area contributed by atoms with Gasteiger partial charge in [0.1, 0.15) is 0 Å². The summed E-state index contributed by atoms with van der Waals surface area (Å²) < 4.78 is 10.7. The van der Waals surface area contributed by atoms with Crippen LogP contribution in [0.25, 0.3) is 0 Å². The molecule has 5 nitrogen and oxygen atoms in total. The van der Waals surface area contributed by atoms with Crippen LogP contribution in [-0.4, -0.2) is 57.7 Å². The lowest BCUT2D eigenvalue weighted by Gasteiger charge is -2.23. The number of nitrogens with one attached hydrogen (secondary N) is 1. The van der Waals surface area contributed by atoms with Crippen molar-refractivity contribution in [3.05, 3.63) is 23.3 Å². The van der Waals surface area contributed by atoms with E-state index in [-0.39, 0.29) is 24.0 Å². The molecular weight excluding hydrogens is 437 g/mol. The molecule has 138 valence electrons. The Morgan fingerprint density at radius 2 is 1.88 bits per heavy atom. The quantitative estimate of drug-likeness (QED) is 0.275. The van der Waals surface area contributed by atoms with E-state index in [0.29, 0.717) is 0 Å². The van der Waals surface area contributed by atoms with Gasteiger partial charge in [0.25, 0.3) is 0 Å². The highest BCUT2D eigenvalue weighted by Gasteiger charge is 2.12. The van der Waals surface area contributed by atoms with Gasteiger partial charge in [-0.15, -0.1) is 24.0 Å². The minimum Gasteiger partial charge on any atom is -0.493 e. The second-order valence-electron chi connectivity index (χ2n) is 5.31. The normalized spacial score (nSPS) is 10.8. The van der Waals surface area contributed by atoms with E-state index >= 15 is 0 Å². The number of nitrogens with zero attached hydrogens (tertiary/aromatic N) is 2. The van der Waals surface area contributed by atoms with E-state index in [0.717, 1.165) is 42.7 Å². The number of hydrogen-bond acceptors (Lipinski definition) is 4. The summed E-state index contributed by atoms with van der Waals surface area (Å²) in [7, 11) is 7.17. The molecule has 24 heavy (non-hydrogen) atoms. The zero-order valence-electron chi connectivity index (χ0n) is 15.5. The number of guanidine groups is 1. The molecule has 0 fully saturated rings. The first-order valence-corrected chi connectivity index (χ1v) is 9.09. The molecule has 1 rings (SSSR count).